The molecule has 0 radical (unpaired) electrons. The van der Waals surface area contributed by atoms with Crippen molar-refractivity contribution in [3.63, 3.8) is 0 Å². The number of nitrogens with zero attached hydrogens (tertiary/aromatic N) is 1. The summed E-state index contributed by atoms with van der Waals surface area (Å²) in [5.74, 6) is -0.377. The third kappa shape index (κ3) is 5.93. The largest absolute Gasteiger partial charge is 0.497 e. The number of carbonyl (C=O) groups excluding carboxylic acids is 2. The highest BCUT2D eigenvalue weighted by Gasteiger charge is 2.30. The zero-order valence-electron chi connectivity index (χ0n) is 19.3. The Balaban J connectivity index is 1.65. The Morgan fingerprint density at radius 2 is 1.88 bits per heavy atom. The molecule has 8 nitrogen and oxygen atoms in total. The molecule has 0 saturated carbocycles. The van der Waals surface area contributed by atoms with E-state index in [0.29, 0.717) is 28.8 Å². The summed E-state index contributed by atoms with van der Waals surface area (Å²) in [4.78, 5) is 28.6. The second kappa shape index (κ2) is 10.7. The minimum atomic E-state index is -3.51. The summed E-state index contributed by atoms with van der Waals surface area (Å²) in [6.45, 7) is 5.81. The molecule has 0 aliphatic carbocycles. The van der Waals surface area contributed by atoms with Crippen LogP contribution in [0.1, 0.15) is 47.5 Å². The highest BCUT2D eigenvalue weighted by molar-refractivity contribution is 7.91. The number of hydrogen-bond donors (Lipinski definition) is 1. The number of methoxy groups -OCH3 is 2. The van der Waals surface area contributed by atoms with Gasteiger partial charge in [-0.25, -0.2) is 13.2 Å². The minimum absolute atomic E-state index is 0.0245. The number of rotatable bonds is 9. The van der Waals surface area contributed by atoms with Gasteiger partial charge in [0.1, 0.15) is 10.8 Å². The summed E-state index contributed by atoms with van der Waals surface area (Å²) in [5.41, 5.74) is 1.35. The van der Waals surface area contributed by atoms with Crippen molar-refractivity contribution in [1.82, 2.24) is 4.90 Å². The third-order valence-electron chi connectivity index (χ3n) is 5.69. The van der Waals surface area contributed by atoms with E-state index in [1.165, 1.54) is 37.7 Å². The van der Waals surface area contributed by atoms with Crippen LogP contribution >= 0.6 is 11.3 Å². The van der Waals surface area contributed by atoms with Gasteiger partial charge in [0.2, 0.25) is 5.91 Å². The maximum Gasteiger partial charge on any atom is 0.341 e. The van der Waals surface area contributed by atoms with Crippen LogP contribution in [0.25, 0.3) is 0 Å². The zero-order valence-corrected chi connectivity index (χ0v) is 21.0. The Kier molecular flexibility index (Phi) is 8.14. The first-order chi connectivity index (χ1) is 15.7. The predicted octanol–water partition coefficient (Wildman–Crippen LogP) is 3.50. The molecule has 1 aromatic carbocycles. The Labute approximate surface area is 198 Å². The summed E-state index contributed by atoms with van der Waals surface area (Å²) >= 11 is 1.39. The normalized spacial score (nSPS) is 14.1. The van der Waals surface area contributed by atoms with Crippen LogP contribution in [0.3, 0.4) is 0 Å². The summed E-state index contributed by atoms with van der Waals surface area (Å²) in [7, 11) is -0.672. The number of esters is 1. The number of sulfone groups is 1. The van der Waals surface area contributed by atoms with Crippen molar-refractivity contribution < 1.29 is 27.5 Å². The quantitative estimate of drug-likeness (QED) is 0.532. The van der Waals surface area contributed by atoms with Crippen LogP contribution in [0.15, 0.2) is 29.2 Å². The molecule has 10 heteroatoms. The number of amides is 1. The first kappa shape index (κ1) is 25.2. The summed E-state index contributed by atoms with van der Waals surface area (Å²) in [6, 6.07) is 6.55. The zero-order chi connectivity index (χ0) is 24.2. The summed E-state index contributed by atoms with van der Waals surface area (Å²) in [5, 5.41) is 3.29. The number of thiophene rings is 1. The molecule has 33 heavy (non-hydrogen) atoms. The lowest BCUT2D eigenvalue weighted by Gasteiger charge is -2.30. The predicted molar refractivity (Wildman–Crippen MR) is 128 cm³/mol. The Hall–Kier alpha value is -2.43. The van der Waals surface area contributed by atoms with Gasteiger partial charge in [0, 0.05) is 30.4 Å². The van der Waals surface area contributed by atoms with Gasteiger partial charge in [0.25, 0.3) is 0 Å². The maximum absolute atomic E-state index is 12.6. The molecule has 0 saturated heterocycles. The van der Waals surface area contributed by atoms with Crippen molar-refractivity contribution in [2.24, 2.45) is 0 Å². The fraction of sp³-hybridized carbons (Fsp3) is 0.478. The summed E-state index contributed by atoms with van der Waals surface area (Å²) < 4.78 is 35.1. The molecule has 0 unspecified atom stereocenters. The van der Waals surface area contributed by atoms with Gasteiger partial charge in [-0.1, -0.05) is 0 Å². The van der Waals surface area contributed by atoms with Gasteiger partial charge in [-0.05, 0) is 56.5 Å². The lowest BCUT2D eigenvalue weighted by atomic mass is 10.0. The van der Waals surface area contributed by atoms with Gasteiger partial charge >= 0.3 is 5.97 Å². The van der Waals surface area contributed by atoms with Crippen molar-refractivity contribution in [3.8, 4) is 5.75 Å². The fourth-order valence-electron chi connectivity index (χ4n) is 3.78. The van der Waals surface area contributed by atoms with Crippen LogP contribution in [0.4, 0.5) is 5.00 Å². The molecule has 1 aliphatic heterocycles. The highest BCUT2D eigenvalue weighted by Crippen LogP contribution is 2.38. The van der Waals surface area contributed by atoms with Crippen molar-refractivity contribution in [2.45, 2.75) is 50.6 Å². The molecule has 1 aromatic heterocycles. The number of hydrogen-bond acceptors (Lipinski definition) is 8. The Bertz CT molecular complexity index is 1110. The first-order valence-corrected chi connectivity index (χ1v) is 13.3. The SMILES string of the molecule is COC(=O)c1c(NC(=O)CCCS(=O)(=O)c2ccc(OC)cc2)sc2c1CCN(C(C)C)C2. The molecule has 180 valence electrons. The molecular weight excluding hydrogens is 464 g/mol. The maximum atomic E-state index is 12.6. The van der Waals surface area contributed by atoms with E-state index in [2.05, 4.69) is 24.1 Å². The van der Waals surface area contributed by atoms with E-state index in [9.17, 15) is 18.0 Å². The molecule has 1 N–H and O–H groups in total. The second-order valence-corrected chi connectivity index (χ2v) is 11.4. The van der Waals surface area contributed by atoms with Gasteiger partial charge in [-0.2, -0.15) is 0 Å². The van der Waals surface area contributed by atoms with E-state index in [1.54, 1.807) is 12.1 Å². The minimum Gasteiger partial charge on any atom is -0.497 e. The molecule has 0 bridgehead atoms. The van der Waals surface area contributed by atoms with Crippen LogP contribution in [0.2, 0.25) is 0 Å². The van der Waals surface area contributed by atoms with Crippen LogP contribution < -0.4 is 10.1 Å². The average Bonchev–Trinajstić information content (AvgIpc) is 3.15. The van der Waals surface area contributed by atoms with E-state index in [1.807, 2.05) is 0 Å². The Morgan fingerprint density at radius 3 is 2.48 bits per heavy atom. The topological polar surface area (TPSA) is 102 Å². The smallest absolute Gasteiger partial charge is 0.341 e. The number of carbonyl (C=O) groups is 2. The molecule has 0 spiro atoms. The van der Waals surface area contributed by atoms with Gasteiger partial charge in [0.15, 0.2) is 9.84 Å². The van der Waals surface area contributed by atoms with E-state index in [4.69, 9.17) is 9.47 Å². The second-order valence-electron chi connectivity index (χ2n) is 8.16. The molecular formula is C23H30N2O6S2. The molecule has 1 amide bonds. The molecule has 2 aromatic rings. The van der Waals surface area contributed by atoms with Gasteiger partial charge in [-0.15, -0.1) is 11.3 Å². The standard InChI is InChI=1S/C23H30N2O6S2/c1-15(2)25-12-11-18-19(14-25)32-22(21(18)23(27)31-4)24-20(26)6-5-13-33(28,29)17-9-7-16(30-3)8-10-17/h7-10,15H,5-6,11-14H2,1-4H3,(H,24,26). The third-order valence-corrected chi connectivity index (χ3v) is 8.64. The van der Waals surface area contributed by atoms with E-state index in [0.717, 1.165) is 23.5 Å². The van der Waals surface area contributed by atoms with E-state index >= 15 is 0 Å². The summed E-state index contributed by atoms with van der Waals surface area (Å²) in [6.07, 6.45) is 0.904. The molecule has 0 atom stereocenters. The van der Waals surface area contributed by atoms with E-state index in [-0.39, 0.29) is 29.4 Å². The number of benzene rings is 1. The Morgan fingerprint density at radius 1 is 1.18 bits per heavy atom. The van der Waals surface area contributed by atoms with E-state index < -0.39 is 15.8 Å². The first-order valence-electron chi connectivity index (χ1n) is 10.8. The van der Waals surface area contributed by atoms with Crippen LogP contribution in [-0.2, 0) is 32.3 Å². The number of fused-ring (bicyclic) bond motifs is 1. The lowest BCUT2D eigenvalue weighted by Crippen LogP contribution is -2.35. The molecule has 1 aliphatic rings. The monoisotopic (exact) mass is 494 g/mol. The van der Waals surface area contributed by atoms with Crippen molar-refractivity contribution in [1.29, 1.82) is 0 Å². The highest BCUT2D eigenvalue weighted by atomic mass is 32.2. The van der Waals surface area contributed by atoms with Crippen molar-refractivity contribution >= 4 is 38.1 Å². The van der Waals surface area contributed by atoms with Gasteiger partial charge in [-0.3, -0.25) is 9.69 Å². The molecule has 0 fully saturated rings. The average molecular weight is 495 g/mol. The number of anilines is 1. The fourth-order valence-corrected chi connectivity index (χ4v) is 6.37. The number of ether oxygens (including phenoxy) is 2. The van der Waals surface area contributed by atoms with Gasteiger partial charge in [0.05, 0.1) is 30.4 Å². The lowest BCUT2D eigenvalue weighted by molar-refractivity contribution is -0.116. The van der Waals surface area contributed by atoms with Crippen molar-refractivity contribution in [2.75, 3.05) is 31.8 Å². The van der Waals surface area contributed by atoms with Crippen LogP contribution in [-0.4, -0.2) is 57.8 Å². The number of nitrogens with one attached hydrogen (secondary N) is 1. The molecule has 2 heterocycles. The van der Waals surface area contributed by atoms with Crippen LogP contribution in [0, 0.1) is 0 Å². The molecule has 3 rings (SSSR count). The van der Waals surface area contributed by atoms with Crippen molar-refractivity contribution in [3.05, 3.63) is 40.3 Å². The van der Waals surface area contributed by atoms with Gasteiger partial charge < -0.3 is 14.8 Å². The van der Waals surface area contributed by atoms with Crippen LogP contribution in [0.5, 0.6) is 5.75 Å².